The molecule has 1 aromatic rings. The molecule has 132 valence electrons. The number of aryl methyl sites for hydroxylation is 2. The molecule has 1 aromatic carbocycles. The largest absolute Gasteiger partial charge is 0.465 e. The van der Waals surface area contributed by atoms with Crippen LogP contribution in [-0.4, -0.2) is 47.1 Å². The van der Waals surface area contributed by atoms with E-state index in [0.717, 1.165) is 21.8 Å². The number of urea groups is 1. The molecule has 1 fully saturated rings. The Balaban J connectivity index is 1.82. The minimum absolute atomic E-state index is 0.229. The van der Waals surface area contributed by atoms with E-state index in [0.29, 0.717) is 0 Å². The number of carbonyl (C=O) groups excluding carboxylic acids is 3. The highest BCUT2D eigenvalue weighted by molar-refractivity contribution is 6.03. The summed E-state index contributed by atoms with van der Waals surface area (Å²) in [5.41, 5.74) is 5.52. The van der Waals surface area contributed by atoms with Crippen LogP contribution in [-0.2, 0) is 14.3 Å². The molecule has 1 saturated heterocycles. The normalized spacial score (nSPS) is 19.5. The van der Waals surface area contributed by atoms with Gasteiger partial charge in [-0.2, -0.15) is 5.43 Å². The lowest BCUT2D eigenvalue weighted by molar-refractivity contribution is -0.144. The molecular formula is C17H20N4O4. The molecule has 0 saturated carbocycles. The number of hydrazine groups is 1. The Bertz CT molecular complexity index is 761. The molecule has 1 atom stereocenters. The Morgan fingerprint density at radius 3 is 2.72 bits per heavy atom. The van der Waals surface area contributed by atoms with Gasteiger partial charge in [-0.3, -0.25) is 19.4 Å². The number of benzene rings is 1. The average molecular weight is 344 g/mol. The van der Waals surface area contributed by atoms with Gasteiger partial charge >= 0.3 is 12.0 Å². The summed E-state index contributed by atoms with van der Waals surface area (Å²) in [5.74, 6) is -0.832. The fourth-order valence-corrected chi connectivity index (χ4v) is 2.81. The van der Waals surface area contributed by atoms with Crippen LogP contribution in [0.4, 0.5) is 10.5 Å². The van der Waals surface area contributed by atoms with Crippen molar-refractivity contribution in [3.63, 3.8) is 0 Å². The summed E-state index contributed by atoms with van der Waals surface area (Å²) >= 11 is 0. The number of nitrogens with zero attached hydrogens (tertiary/aromatic N) is 3. The summed E-state index contributed by atoms with van der Waals surface area (Å²) in [6.45, 7) is 5.53. The SMILES string of the molecule is CCOC(=O)CN1NC2C(=O)N(c3cc(C)ccc3C)C=CN2C1=O. The molecule has 0 aromatic heterocycles. The number of hydrogen-bond donors (Lipinski definition) is 1. The Labute approximate surface area is 145 Å². The van der Waals surface area contributed by atoms with Crippen molar-refractivity contribution in [1.82, 2.24) is 15.3 Å². The molecule has 25 heavy (non-hydrogen) atoms. The number of ether oxygens (including phenoxy) is 1. The number of nitrogens with one attached hydrogen (secondary N) is 1. The van der Waals surface area contributed by atoms with Crippen LogP contribution >= 0.6 is 0 Å². The first-order valence-electron chi connectivity index (χ1n) is 8.02. The molecule has 2 heterocycles. The topological polar surface area (TPSA) is 82.2 Å². The maximum Gasteiger partial charge on any atom is 0.340 e. The molecule has 2 aliphatic heterocycles. The number of fused-ring (bicyclic) bond motifs is 1. The van der Waals surface area contributed by atoms with Crippen LogP contribution in [0.5, 0.6) is 0 Å². The van der Waals surface area contributed by atoms with E-state index in [9.17, 15) is 14.4 Å². The van der Waals surface area contributed by atoms with Crippen molar-refractivity contribution in [2.45, 2.75) is 26.9 Å². The van der Waals surface area contributed by atoms with Gasteiger partial charge < -0.3 is 4.74 Å². The third-order valence-corrected chi connectivity index (χ3v) is 4.07. The second-order valence-electron chi connectivity index (χ2n) is 5.91. The summed E-state index contributed by atoms with van der Waals surface area (Å²) in [6.07, 6.45) is 2.22. The van der Waals surface area contributed by atoms with E-state index in [2.05, 4.69) is 5.43 Å². The van der Waals surface area contributed by atoms with E-state index in [1.807, 2.05) is 32.0 Å². The van der Waals surface area contributed by atoms with Crippen molar-refractivity contribution >= 4 is 23.6 Å². The molecule has 1 unspecified atom stereocenters. The summed E-state index contributed by atoms with van der Waals surface area (Å²) in [6, 6.07) is 5.36. The summed E-state index contributed by atoms with van der Waals surface area (Å²) in [4.78, 5) is 39.6. The molecule has 8 heteroatoms. The summed E-state index contributed by atoms with van der Waals surface area (Å²) in [5, 5.41) is 1.09. The van der Waals surface area contributed by atoms with Gasteiger partial charge in [0.25, 0.3) is 5.91 Å². The van der Waals surface area contributed by atoms with Crippen molar-refractivity contribution in [2.75, 3.05) is 18.1 Å². The zero-order chi connectivity index (χ0) is 18.1. The van der Waals surface area contributed by atoms with Crippen molar-refractivity contribution in [2.24, 2.45) is 0 Å². The van der Waals surface area contributed by atoms with Crippen molar-refractivity contribution < 1.29 is 19.1 Å². The predicted molar refractivity (Wildman–Crippen MR) is 90.0 cm³/mol. The molecule has 3 rings (SSSR count). The van der Waals surface area contributed by atoms with Crippen LogP contribution in [0.25, 0.3) is 0 Å². The number of esters is 1. The molecular weight excluding hydrogens is 324 g/mol. The third-order valence-electron chi connectivity index (χ3n) is 4.07. The quantitative estimate of drug-likeness (QED) is 0.832. The fraction of sp³-hybridized carbons (Fsp3) is 0.353. The minimum atomic E-state index is -0.883. The molecule has 0 radical (unpaired) electrons. The lowest BCUT2D eigenvalue weighted by atomic mass is 10.1. The molecule has 0 bridgehead atoms. The number of rotatable bonds is 4. The zero-order valence-electron chi connectivity index (χ0n) is 14.4. The first-order valence-corrected chi connectivity index (χ1v) is 8.02. The van der Waals surface area contributed by atoms with E-state index in [4.69, 9.17) is 4.74 Å². The van der Waals surface area contributed by atoms with Gasteiger partial charge in [0.1, 0.15) is 6.54 Å². The van der Waals surface area contributed by atoms with E-state index < -0.39 is 18.2 Å². The lowest BCUT2D eigenvalue weighted by Gasteiger charge is -2.30. The molecule has 8 nitrogen and oxygen atoms in total. The predicted octanol–water partition coefficient (Wildman–Crippen LogP) is 1.25. The Morgan fingerprint density at radius 1 is 1.24 bits per heavy atom. The first kappa shape index (κ1) is 17.0. The first-order chi connectivity index (χ1) is 11.9. The van der Waals surface area contributed by atoms with E-state index in [1.54, 1.807) is 13.1 Å². The third kappa shape index (κ3) is 3.08. The van der Waals surface area contributed by atoms with Gasteiger partial charge in [0.15, 0.2) is 6.17 Å². The van der Waals surface area contributed by atoms with Gasteiger partial charge in [0.2, 0.25) is 0 Å². The van der Waals surface area contributed by atoms with Gasteiger partial charge in [-0.15, -0.1) is 0 Å². The monoisotopic (exact) mass is 344 g/mol. The van der Waals surface area contributed by atoms with Crippen molar-refractivity contribution in [1.29, 1.82) is 0 Å². The van der Waals surface area contributed by atoms with Gasteiger partial charge in [-0.25, -0.2) is 9.80 Å². The zero-order valence-corrected chi connectivity index (χ0v) is 14.4. The minimum Gasteiger partial charge on any atom is -0.465 e. The van der Waals surface area contributed by atoms with Crippen LogP contribution in [0.2, 0.25) is 0 Å². The highest BCUT2D eigenvalue weighted by Gasteiger charge is 2.45. The molecule has 0 aliphatic carbocycles. The highest BCUT2D eigenvalue weighted by Crippen LogP contribution is 2.27. The van der Waals surface area contributed by atoms with E-state index in [-0.39, 0.29) is 19.1 Å². The van der Waals surface area contributed by atoms with Gasteiger partial charge in [0.05, 0.1) is 12.3 Å². The van der Waals surface area contributed by atoms with E-state index >= 15 is 0 Å². The molecule has 3 amide bonds. The van der Waals surface area contributed by atoms with Gasteiger partial charge in [-0.05, 0) is 38.0 Å². The Morgan fingerprint density at radius 2 is 2.00 bits per heavy atom. The number of anilines is 1. The van der Waals surface area contributed by atoms with Crippen LogP contribution < -0.4 is 10.3 Å². The number of carbonyl (C=O) groups is 3. The summed E-state index contributed by atoms with van der Waals surface area (Å²) < 4.78 is 4.85. The van der Waals surface area contributed by atoms with Crippen molar-refractivity contribution in [3.05, 3.63) is 41.7 Å². The van der Waals surface area contributed by atoms with E-state index in [1.165, 1.54) is 16.0 Å². The number of hydrogen-bond acceptors (Lipinski definition) is 5. The smallest absolute Gasteiger partial charge is 0.340 e. The lowest BCUT2D eigenvalue weighted by Crippen LogP contribution is -2.52. The number of amides is 3. The summed E-state index contributed by atoms with van der Waals surface area (Å²) in [7, 11) is 0. The second kappa shape index (κ2) is 6.56. The maximum atomic E-state index is 12.8. The molecule has 0 spiro atoms. The maximum absolute atomic E-state index is 12.8. The molecule has 1 N–H and O–H groups in total. The van der Waals surface area contributed by atoms with Gasteiger partial charge in [0, 0.05) is 12.4 Å². The van der Waals surface area contributed by atoms with Crippen LogP contribution in [0.15, 0.2) is 30.6 Å². The van der Waals surface area contributed by atoms with Gasteiger partial charge in [-0.1, -0.05) is 12.1 Å². The van der Waals surface area contributed by atoms with Crippen LogP contribution in [0.3, 0.4) is 0 Å². The fourth-order valence-electron chi connectivity index (χ4n) is 2.81. The average Bonchev–Trinajstić information content (AvgIpc) is 2.88. The van der Waals surface area contributed by atoms with Crippen LogP contribution in [0.1, 0.15) is 18.1 Å². The Hall–Kier alpha value is -2.87. The second-order valence-corrected chi connectivity index (χ2v) is 5.91. The molecule has 2 aliphatic rings. The van der Waals surface area contributed by atoms with Crippen molar-refractivity contribution in [3.8, 4) is 0 Å². The standard InChI is InChI=1S/C17H20N4O4/c1-4-25-14(22)10-21-17(24)20-8-7-19(16(23)15(20)18-21)13-9-11(2)5-6-12(13)3/h5-9,15,18H,4,10H2,1-3H3. The highest BCUT2D eigenvalue weighted by atomic mass is 16.5. The Kier molecular flexibility index (Phi) is 4.45. The van der Waals surface area contributed by atoms with Crippen LogP contribution in [0, 0.1) is 13.8 Å².